The number of benzene rings is 1. The first-order valence-electron chi connectivity index (χ1n) is 8.35. The second-order valence-corrected chi connectivity index (χ2v) is 7.40. The average molecular weight is 392 g/mol. The number of likely N-dealkylation sites (tertiary alicyclic amines) is 1. The number of carbonyl (C=O) groups excluding carboxylic acids is 2. The molecule has 2 atom stereocenters. The van der Waals surface area contributed by atoms with Gasteiger partial charge in [-0.1, -0.05) is 15.9 Å². The molecule has 0 saturated carbocycles. The standard InChI is InChI=1S/C18H22BrN3O2/c1-12-4-3-5-13(2)21(12)18(24)16-10-11-17(23)22(20-16)15-8-6-14(19)7-9-15/h6-10,12-13,20H,3-5,11H2,1-2H3/t12-,13-/m1/s1. The summed E-state index contributed by atoms with van der Waals surface area (Å²) in [6, 6.07) is 7.88. The van der Waals surface area contributed by atoms with E-state index in [2.05, 4.69) is 35.2 Å². The number of hydrogen-bond acceptors (Lipinski definition) is 3. The molecule has 2 heterocycles. The second-order valence-electron chi connectivity index (χ2n) is 6.48. The van der Waals surface area contributed by atoms with Crippen molar-refractivity contribution in [3.05, 3.63) is 40.5 Å². The van der Waals surface area contributed by atoms with Gasteiger partial charge in [0, 0.05) is 23.0 Å². The Labute approximate surface area is 150 Å². The predicted molar refractivity (Wildman–Crippen MR) is 97.1 cm³/mol. The van der Waals surface area contributed by atoms with Crippen molar-refractivity contribution in [2.75, 3.05) is 5.01 Å². The maximum Gasteiger partial charge on any atom is 0.271 e. The summed E-state index contributed by atoms with van der Waals surface area (Å²) in [6.45, 7) is 4.18. The van der Waals surface area contributed by atoms with Gasteiger partial charge in [0.15, 0.2) is 0 Å². The molecule has 1 fully saturated rings. The largest absolute Gasteiger partial charge is 0.332 e. The molecule has 0 aromatic heterocycles. The summed E-state index contributed by atoms with van der Waals surface area (Å²) in [7, 11) is 0. The number of amides is 2. The topological polar surface area (TPSA) is 52.7 Å². The SMILES string of the molecule is C[C@@H]1CCC[C@@H](C)N1C(=O)C1=CCC(=O)N(c2ccc(Br)cc2)N1. The number of hydrogen-bond donors (Lipinski definition) is 1. The normalized spacial score (nSPS) is 24.5. The van der Waals surface area contributed by atoms with Crippen LogP contribution in [0.4, 0.5) is 5.69 Å². The van der Waals surface area contributed by atoms with Crippen LogP contribution in [0.15, 0.2) is 40.5 Å². The molecule has 2 aliphatic rings. The van der Waals surface area contributed by atoms with E-state index >= 15 is 0 Å². The van der Waals surface area contributed by atoms with E-state index in [1.165, 1.54) is 5.01 Å². The maximum absolute atomic E-state index is 13.0. The van der Waals surface area contributed by atoms with Crippen molar-refractivity contribution in [2.24, 2.45) is 0 Å². The fraction of sp³-hybridized carbons (Fsp3) is 0.444. The lowest BCUT2D eigenvalue weighted by atomic mass is 9.97. The molecule has 0 aliphatic carbocycles. The first-order valence-corrected chi connectivity index (χ1v) is 9.14. The molecule has 1 aromatic carbocycles. The van der Waals surface area contributed by atoms with Gasteiger partial charge in [0.25, 0.3) is 5.91 Å². The van der Waals surface area contributed by atoms with E-state index in [1.54, 1.807) is 6.08 Å². The van der Waals surface area contributed by atoms with Crippen molar-refractivity contribution in [1.82, 2.24) is 10.3 Å². The van der Waals surface area contributed by atoms with Crippen LogP contribution in [0.5, 0.6) is 0 Å². The second kappa shape index (κ2) is 6.97. The Morgan fingerprint density at radius 1 is 1.17 bits per heavy atom. The minimum Gasteiger partial charge on any atom is -0.332 e. The van der Waals surface area contributed by atoms with Gasteiger partial charge < -0.3 is 4.90 Å². The van der Waals surface area contributed by atoms with Crippen LogP contribution >= 0.6 is 15.9 Å². The van der Waals surface area contributed by atoms with Gasteiger partial charge in [-0.3, -0.25) is 15.0 Å². The zero-order valence-corrected chi connectivity index (χ0v) is 15.5. The third-order valence-electron chi connectivity index (χ3n) is 4.71. The number of piperidine rings is 1. The lowest BCUT2D eigenvalue weighted by Crippen LogP contribution is -2.54. The first-order chi connectivity index (χ1) is 11.5. The zero-order chi connectivity index (χ0) is 17.3. The lowest BCUT2D eigenvalue weighted by Gasteiger charge is -2.40. The van der Waals surface area contributed by atoms with Crippen molar-refractivity contribution in [1.29, 1.82) is 0 Å². The summed E-state index contributed by atoms with van der Waals surface area (Å²) in [5, 5.41) is 1.46. The summed E-state index contributed by atoms with van der Waals surface area (Å²) >= 11 is 3.39. The van der Waals surface area contributed by atoms with E-state index in [0.29, 0.717) is 5.70 Å². The van der Waals surface area contributed by atoms with Crippen molar-refractivity contribution in [2.45, 2.75) is 51.6 Å². The molecule has 24 heavy (non-hydrogen) atoms. The molecule has 2 amide bonds. The Hall–Kier alpha value is -1.82. The van der Waals surface area contributed by atoms with Gasteiger partial charge in [0.05, 0.1) is 5.69 Å². The first kappa shape index (κ1) is 17.0. The van der Waals surface area contributed by atoms with Gasteiger partial charge in [-0.05, 0) is 63.5 Å². The number of hydrazine groups is 1. The molecule has 5 nitrogen and oxygen atoms in total. The van der Waals surface area contributed by atoms with Gasteiger partial charge in [0.2, 0.25) is 5.91 Å². The highest BCUT2D eigenvalue weighted by Crippen LogP contribution is 2.26. The fourth-order valence-electron chi connectivity index (χ4n) is 3.40. The molecule has 1 N–H and O–H groups in total. The van der Waals surface area contributed by atoms with Gasteiger partial charge in [-0.15, -0.1) is 0 Å². The van der Waals surface area contributed by atoms with E-state index in [9.17, 15) is 9.59 Å². The molecule has 1 saturated heterocycles. The van der Waals surface area contributed by atoms with Gasteiger partial charge in [-0.2, -0.15) is 0 Å². The van der Waals surface area contributed by atoms with Crippen molar-refractivity contribution in [3.63, 3.8) is 0 Å². The number of nitrogens with zero attached hydrogens (tertiary/aromatic N) is 2. The van der Waals surface area contributed by atoms with E-state index in [1.807, 2.05) is 29.2 Å². The summed E-state index contributed by atoms with van der Waals surface area (Å²) < 4.78 is 0.943. The summed E-state index contributed by atoms with van der Waals surface area (Å²) in [5.74, 6) is -0.0991. The molecular formula is C18H22BrN3O2. The Bertz CT molecular complexity index is 661. The van der Waals surface area contributed by atoms with Crippen LogP contribution in [0.1, 0.15) is 39.5 Å². The van der Waals surface area contributed by atoms with Crippen molar-refractivity contribution < 1.29 is 9.59 Å². The van der Waals surface area contributed by atoms with Crippen LogP contribution in [0.3, 0.4) is 0 Å². The number of rotatable bonds is 2. The Morgan fingerprint density at radius 2 is 1.79 bits per heavy atom. The number of nitrogens with one attached hydrogen (secondary N) is 1. The molecule has 0 bridgehead atoms. The molecule has 3 rings (SSSR count). The Balaban J connectivity index is 1.80. The highest BCUT2D eigenvalue weighted by Gasteiger charge is 2.33. The molecule has 0 spiro atoms. The summed E-state index contributed by atoms with van der Waals surface area (Å²) in [5.41, 5.74) is 4.22. The third-order valence-corrected chi connectivity index (χ3v) is 5.23. The van der Waals surface area contributed by atoms with Gasteiger partial charge >= 0.3 is 0 Å². The molecular weight excluding hydrogens is 370 g/mol. The van der Waals surface area contributed by atoms with Crippen LogP contribution in [0, 0.1) is 0 Å². The van der Waals surface area contributed by atoms with Crippen LogP contribution in [-0.4, -0.2) is 28.8 Å². The molecule has 1 aromatic rings. The molecule has 6 heteroatoms. The Morgan fingerprint density at radius 3 is 2.42 bits per heavy atom. The lowest BCUT2D eigenvalue weighted by molar-refractivity contribution is -0.133. The van der Waals surface area contributed by atoms with Crippen LogP contribution in [0.2, 0.25) is 0 Å². The third kappa shape index (κ3) is 3.34. The van der Waals surface area contributed by atoms with E-state index in [0.717, 1.165) is 29.4 Å². The molecule has 2 aliphatic heterocycles. The average Bonchev–Trinajstić information content (AvgIpc) is 2.56. The van der Waals surface area contributed by atoms with Gasteiger partial charge in [-0.25, -0.2) is 5.01 Å². The maximum atomic E-state index is 13.0. The smallest absolute Gasteiger partial charge is 0.271 e. The highest BCUT2D eigenvalue weighted by molar-refractivity contribution is 9.10. The number of carbonyl (C=O) groups is 2. The van der Waals surface area contributed by atoms with Crippen LogP contribution < -0.4 is 10.4 Å². The van der Waals surface area contributed by atoms with Crippen LogP contribution in [0.25, 0.3) is 0 Å². The fourth-order valence-corrected chi connectivity index (χ4v) is 3.67. The summed E-state index contributed by atoms with van der Waals surface area (Å²) in [6.07, 6.45) is 5.13. The quantitative estimate of drug-likeness (QED) is 0.840. The zero-order valence-electron chi connectivity index (χ0n) is 14.0. The monoisotopic (exact) mass is 391 g/mol. The summed E-state index contributed by atoms with van der Waals surface area (Å²) in [4.78, 5) is 27.1. The Kier molecular flexibility index (Phi) is 4.94. The molecule has 0 radical (unpaired) electrons. The minimum absolute atomic E-state index is 0.0238. The highest BCUT2D eigenvalue weighted by atomic mass is 79.9. The van der Waals surface area contributed by atoms with Crippen molar-refractivity contribution >= 4 is 33.4 Å². The molecule has 128 valence electrons. The van der Waals surface area contributed by atoms with Crippen LogP contribution in [-0.2, 0) is 9.59 Å². The predicted octanol–water partition coefficient (Wildman–Crippen LogP) is 3.36. The van der Waals surface area contributed by atoms with Crippen molar-refractivity contribution in [3.8, 4) is 0 Å². The van der Waals surface area contributed by atoms with E-state index in [-0.39, 0.29) is 30.3 Å². The minimum atomic E-state index is -0.0754. The number of halogens is 1. The van der Waals surface area contributed by atoms with E-state index < -0.39 is 0 Å². The van der Waals surface area contributed by atoms with E-state index in [4.69, 9.17) is 0 Å². The van der Waals surface area contributed by atoms with Gasteiger partial charge in [0.1, 0.15) is 5.70 Å². The number of anilines is 1. The molecule has 0 unspecified atom stereocenters.